The minimum atomic E-state index is 0.286. The Balaban J connectivity index is 2.73. The van der Waals surface area contributed by atoms with Gasteiger partial charge in [-0.05, 0) is 26.0 Å². The summed E-state index contributed by atoms with van der Waals surface area (Å²) in [4.78, 5) is 0. The molecule has 1 N–H and O–H groups in total. The molecule has 0 heterocycles. The van der Waals surface area contributed by atoms with Gasteiger partial charge < -0.3 is 10.1 Å². The van der Waals surface area contributed by atoms with Gasteiger partial charge in [-0.1, -0.05) is 31.0 Å². The second-order valence-electron chi connectivity index (χ2n) is 3.71. The van der Waals surface area contributed by atoms with Gasteiger partial charge in [0.2, 0.25) is 0 Å². The van der Waals surface area contributed by atoms with E-state index >= 15 is 0 Å². The number of hydrogen-bond donors (Lipinski definition) is 1. The molecule has 2 heteroatoms. The van der Waals surface area contributed by atoms with Gasteiger partial charge in [0.15, 0.2) is 0 Å². The molecule has 0 aromatic heterocycles. The van der Waals surface area contributed by atoms with Gasteiger partial charge in [-0.2, -0.15) is 0 Å². The molecule has 0 saturated carbocycles. The molecule has 86 valence electrons. The predicted molar refractivity (Wildman–Crippen MR) is 67.5 cm³/mol. The molecular weight excluding hydrogens is 198 g/mol. The Morgan fingerprint density at radius 2 is 2.19 bits per heavy atom. The van der Waals surface area contributed by atoms with Crippen LogP contribution in [0.2, 0.25) is 0 Å². The second-order valence-corrected chi connectivity index (χ2v) is 3.71. The van der Waals surface area contributed by atoms with Gasteiger partial charge in [-0.3, -0.25) is 0 Å². The molecule has 2 nitrogen and oxygen atoms in total. The van der Waals surface area contributed by atoms with Gasteiger partial charge in [0.25, 0.3) is 0 Å². The first kappa shape index (κ1) is 12.6. The molecule has 0 radical (unpaired) electrons. The highest BCUT2D eigenvalue weighted by atomic mass is 16.5. The summed E-state index contributed by atoms with van der Waals surface area (Å²) in [5, 5.41) is 3.43. The average molecular weight is 217 g/mol. The molecule has 1 aromatic carbocycles. The van der Waals surface area contributed by atoms with Gasteiger partial charge in [0, 0.05) is 11.6 Å². The van der Waals surface area contributed by atoms with E-state index in [0.717, 1.165) is 24.3 Å². The SMILES string of the molecule is C#CCOc1ccccc1C(C)NCCC. The quantitative estimate of drug-likeness (QED) is 0.740. The number of hydrogen-bond acceptors (Lipinski definition) is 2. The van der Waals surface area contributed by atoms with E-state index in [1.54, 1.807) is 0 Å². The number of para-hydroxylation sites is 1. The van der Waals surface area contributed by atoms with Crippen LogP contribution in [0.4, 0.5) is 0 Å². The van der Waals surface area contributed by atoms with Crippen LogP contribution in [0.25, 0.3) is 0 Å². The summed E-state index contributed by atoms with van der Waals surface area (Å²) in [6.07, 6.45) is 6.31. The monoisotopic (exact) mass is 217 g/mol. The number of benzene rings is 1. The molecular formula is C14H19NO. The Hall–Kier alpha value is -1.46. The van der Waals surface area contributed by atoms with Gasteiger partial charge in [-0.25, -0.2) is 0 Å². The lowest BCUT2D eigenvalue weighted by Crippen LogP contribution is -2.20. The van der Waals surface area contributed by atoms with Crippen LogP contribution in [0.3, 0.4) is 0 Å². The molecule has 1 aromatic rings. The highest BCUT2D eigenvalue weighted by Gasteiger charge is 2.09. The maximum Gasteiger partial charge on any atom is 0.148 e. The summed E-state index contributed by atoms with van der Waals surface area (Å²) >= 11 is 0. The second kappa shape index (κ2) is 6.92. The minimum Gasteiger partial charge on any atom is -0.481 e. The molecule has 0 aliphatic rings. The summed E-state index contributed by atoms with van der Waals surface area (Å²) in [5.41, 5.74) is 1.16. The first-order valence-corrected chi connectivity index (χ1v) is 5.68. The van der Waals surface area contributed by atoms with Gasteiger partial charge in [-0.15, -0.1) is 6.42 Å². The van der Waals surface area contributed by atoms with Gasteiger partial charge >= 0.3 is 0 Å². The molecule has 0 aliphatic carbocycles. The van der Waals surface area contributed by atoms with E-state index in [2.05, 4.69) is 31.2 Å². The molecule has 0 saturated heterocycles. The molecule has 16 heavy (non-hydrogen) atoms. The number of rotatable bonds is 6. The fourth-order valence-electron chi connectivity index (χ4n) is 1.56. The van der Waals surface area contributed by atoms with Crippen LogP contribution >= 0.6 is 0 Å². The van der Waals surface area contributed by atoms with Crippen LogP contribution in [0.15, 0.2) is 24.3 Å². The van der Waals surface area contributed by atoms with Crippen molar-refractivity contribution in [2.75, 3.05) is 13.2 Å². The van der Waals surface area contributed by atoms with E-state index in [1.807, 2.05) is 18.2 Å². The predicted octanol–water partition coefficient (Wildman–Crippen LogP) is 2.76. The van der Waals surface area contributed by atoms with E-state index in [0.29, 0.717) is 6.61 Å². The molecule has 1 rings (SSSR count). The Kier molecular flexibility index (Phi) is 5.45. The van der Waals surface area contributed by atoms with E-state index in [4.69, 9.17) is 11.2 Å². The van der Waals surface area contributed by atoms with Gasteiger partial charge in [0.1, 0.15) is 12.4 Å². The topological polar surface area (TPSA) is 21.3 Å². The van der Waals surface area contributed by atoms with E-state index < -0.39 is 0 Å². The van der Waals surface area contributed by atoms with Crippen molar-refractivity contribution in [2.45, 2.75) is 26.3 Å². The smallest absolute Gasteiger partial charge is 0.148 e. The zero-order valence-electron chi connectivity index (χ0n) is 9.99. The molecule has 0 fully saturated rings. The zero-order valence-corrected chi connectivity index (χ0v) is 9.99. The van der Waals surface area contributed by atoms with E-state index in [1.165, 1.54) is 0 Å². The largest absolute Gasteiger partial charge is 0.481 e. The average Bonchev–Trinajstić information content (AvgIpc) is 2.33. The van der Waals surface area contributed by atoms with E-state index in [9.17, 15) is 0 Å². The minimum absolute atomic E-state index is 0.286. The number of nitrogens with one attached hydrogen (secondary N) is 1. The number of ether oxygens (including phenoxy) is 1. The zero-order chi connectivity index (χ0) is 11.8. The molecule has 1 atom stereocenters. The van der Waals surface area contributed by atoms with Crippen molar-refractivity contribution in [1.29, 1.82) is 0 Å². The van der Waals surface area contributed by atoms with E-state index in [-0.39, 0.29) is 6.04 Å². The van der Waals surface area contributed by atoms with Crippen LogP contribution < -0.4 is 10.1 Å². The maximum atomic E-state index is 5.51. The third-order valence-electron chi connectivity index (χ3n) is 2.40. The summed E-state index contributed by atoms with van der Waals surface area (Å²) < 4.78 is 5.51. The van der Waals surface area contributed by atoms with Crippen molar-refractivity contribution in [2.24, 2.45) is 0 Å². The van der Waals surface area contributed by atoms with Crippen molar-refractivity contribution in [3.63, 3.8) is 0 Å². The normalized spacial score (nSPS) is 11.8. The Bertz CT molecular complexity index is 354. The van der Waals surface area contributed by atoms with Crippen LogP contribution in [-0.4, -0.2) is 13.2 Å². The highest BCUT2D eigenvalue weighted by Crippen LogP contribution is 2.24. The van der Waals surface area contributed by atoms with Crippen molar-refractivity contribution >= 4 is 0 Å². The Morgan fingerprint density at radius 3 is 2.88 bits per heavy atom. The van der Waals surface area contributed by atoms with Crippen molar-refractivity contribution in [3.8, 4) is 18.1 Å². The third kappa shape index (κ3) is 3.60. The Labute approximate surface area is 98.0 Å². The first-order chi connectivity index (χ1) is 7.79. The lowest BCUT2D eigenvalue weighted by atomic mass is 10.1. The van der Waals surface area contributed by atoms with Crippen LogP contribution in [0.5, 0.6) is 5.75 Å². The van der Waals surface area contributed by atoms with Crippen LogP contribution in [0.1, 0.15) is 31.9 Å². The summed E-state index contributed by atoms with van der Waals surface area (Å²) in [7, 11) is 0. The van der Waals surface area contributed by atoms with Gasteiger partial charge in [0.05, 0.1) is 0 Å². The molecule has 1 unspecified atom stereocenters. The van der Waals surface area contributed by atoms with Crippen molar-refractivity contribution in [1.82, 2.24) is 5.32 Å². The fraction of sp³-hybridized carbons (Fsp3) is 0.429. The van der Waals surface area contributed by atoms with Crippen LogP contribution in [0, 0.1) is 12.3 Å². The number of terminal acetylenes is 1. The summed E-state index contributed by atoms with van der Waals surface area (Å²) in [6, 6.07) is 8.29. The third-order valence-corrected chi connectivity index (χ3v) is 2.40. The first-order valence-electron chi connectivity index (χ1n) is 5.68. The van der Waals surface area contributed by atoms with Crippen LogP contribution in [-0.2, 0) is 0 Å². The molecule has 0 bridgehead atoms. The standard InChI is InChI=1S/C14H19NO/c1-4-10-15-12(3)13-8-6-7-9-14(13)16-11-5-2/h2,6-9,12,15H,4,10-11H2,1,3H3. The van der Waals surface area contributed by atoms with Crippen molar-refractivity contribution in [3.05, 3.63) is 29.8 Å². The highest BCUT2D eigenvalue weighted by molar-refractivity contribution is 5.35. The molecule has 0 aliphatic heterocycles. The molecule has 0 spiro atoms. The summed E-state index contributed by atoms with van der Waals surface area (Å²) in [5.74, 6) is 3.35. The maximum absolute atomic E-state index is 5.51. The summed E-state index contributed by atoms with van der Waals surface area (Å²) in [6.45, 7) is 5.61. The molecule has 0 amide bonds. The Morgan fingerprint density at radius 1 is 1.44 bits per heavy atom. The van der Waals surface area contributed by atoms with Crippen molar-refractivity contribution < 1.29 is 4.74 Å². The lowest BCUT2D eigenvalue weighted by Gasteiger charge is -2.17. The fourth-order valence-corrected chi connectivity index (χ4v) is 1.56. The lowest BCUT2D eigenvalue weighted by molar-refractivity contribution is 0.361.